The van der Waals surface area contributed by atoms with E-state index < -0.39 is 0 Å². The van der Waals surface area contributed by atoms with E-state index in [2.05, 4.69) is 21.7 Å². The zero-order valence-corrected chi connectivity index (χ0v) is 12.3. The van der Waals surface area contributed by atoms with Crippen LogP contribution < -0.4 is 4.90 Å². The summed E-state index contributed by atoms with van der Waals surface area (Å²) < 4.78 is 0. The van der Waals surface area contributed by atoms with Crippen molar-refractivity contribution in [1.29, 1.82) is 0 Å². The molecule has 2 aliphatic heterocycles. The van der Waals surface area contributed by atoms with Crippen molar-refractivity contribution in [2.45, 2.75) is 18.9 Å². The van der Waals surface area contributed by atoms with Gasteiger partial charge in [-0.1, -0.05) is 0 Å². The maximum absolute atomic E-state index is 9.35. The number of aromatic hydroxyl groups is 1. The third-order valence-electron chi connectivity index (χ3n) is 4.73. The van der Waals surface area contributed by atoms with Crippen molar-refractivity contribution in [3.8, 4) is 5.75 Å². The first-order chi connectivity index (χ1) is 9.72. The molecule has 1 unspecified atom stereocenters. The summed E-state index contributed by atoms with van der Waals surface area (Å²) in [4.78, 5) is 7.52. The second-order valence-electron chi connectivity index (χ2n) is 6.08. The number of rotatable bonds is 3. The van der Waals surface area contributed by atoms with Crippen LogP contribution in [0, 0.1) is 0 Å². The summed E-state index contributed by atoms with van der Waals surface area (Å²) in [6.07, 6.45) is 2.71. The number of phenolic OH excluding ortho intramolecular Hbond substituents is 1. The van der Waals surface area contributed by atoms with Gasteiger partial charge in [-0.15, -0.1) is 0 Å². The fraction of sp³-hybridized carbons (Fsp3) is 0.625. The largest absolute Gasteiger partial charge is 0.508 e. The maximum Gasteiger partial charge on any atom is 0.115 e. The minimum Gasteiger partial charge on any atom is -0.508 e. The number of hydrogen-bond acceptors (Lipinski definition) is 4. The highest BCUT2D eigenvalue weighted by Crippen LogP contribution is 2.21. The Bertz CT molecular complexity index is 426. The molecule has 1 atom stereocenters. The van der Waals surface area contributed by atoms with Crippen LogP contribution in [0.25, 0.3) is 0 Å². The van der Waals surface area contributed by atoms with Gasteiger partial charge in [0, 0.05) is 44.5 Å². The van der Waals surface area contributed by atoms with Gasteiger partial charge in [-0.25, -0.2) is 0 Å². The van der Waals surface area contributed by atoms with Crippen LogP contribution in [-0.4, -0.2) is 67.3 Å². The molecule has 0 amide bonds. The minimum absolute atomic E-state index is 0.344. The molecule has 2 fully saturated rings. The SMILES string of the molecule is CN1CCCC1CN1CCN(c2ccc(O)cc2)CC1. The summed E-state index contributed by atoms with van der Waals surface area (Å²) in [5.41, 5.74) is 1.22. The Morgan fingerprint density at radius 2 is 1.75 bits per heavy atom. The highest BCUT2D eigenvalue weighted by Gasteiger charge is 2.25. The molecule has 4 nitrogen and oxygen atoms in total. The topological polar surface area (TPSA) is 30.0 Å². The van der Waals surface area contributed by atoms with Gasteiger partial charge < -0.3 is 14.9 Å². The first kappa shape index (κ1) is 13.7. The maximum atomic E-state index is 9.35. The Morgan fingerprint density at radius 3 is 2.35 bits per heavy atom. The number of likely N-dealkylation sites (N-methyl/N-ethyl adjacent to an activating group) is 1. The number of piperazine rings is 1. The summed E-state index contributed by atoms with van der Waals surface area (Å²) in [5, 5.41) is 9.35. The average Bonchev–Trinajstić information content (AvgIpc) is 2.86. The van der Waals surface area contributed by atoms with E-state index in [1.54, 1.807) is 12.1 Å². The summed E-state index contributed by atoms with van der Waals surface area (Å²) in [6.45, 7) is 6.94. The molecule has 0 saturated carbocycles. The molecule has 2 aliphatic rings. The lowest BCUT2D eigenvalue weighted by atomic mass is 10.2. The van der Waals surface area contributed by atoms with Crippen molar-refractivity contribution >= 4 is 5.69 Å². The second-order valence-corrected chi connectivity index (χ2v) is 6.08. The molecular weight excluding hydrogens is 250 g/mol. The standard InChI is InChI=1S/C16H25N3O/c1-17-8-2-3-15(17)13-18-9-11-19(12-10-18)14-4-6-16(20)7-5-14/h4-7,15,20H,2-3,8-13H2,1H3. The Hall–Kier alpha value is -1.26. The zero-order chi connectivity index (χ0) is 13.9. The van der Waals surface area contributed by atoms with Gasteiger partial charge in [-0.2, -0.15) is 0 Å². The van der Waals surface area contributed by atoms with Gasteiger partial charge in [0.2, 0.25) is 0 Å². The van der Waals surface area contributed by atoms with Gasteiger partial charge in [0.15, 0.2) is 0 Å². The molecule has 0 aromatic heterocycles. The van der Waals surface area contributed by atoms with Gasteiger partial charge in [-0.05, 0) is 50.7 Å². The van der Waals surface area contributed by atoms with Crippen molar-refractivity contribution in [2.24, 2.45) is 0 Å². The summed E-state index contributed by atoms with van der Waals surface area (Å²) in [5.74, 6) is 0.344. The van der Waals surface area contributed by atoms with E-state index in [0.717, 1.165) is 32.2 Å². The number of phenols is 1. The lowest BCUT2D eigenvalue weighted by molar-refractivity contribution is 0.185. The minimum atomic E-state index is 0.344. The fourth-order valence-electron chi connectivity index (χ4n) is 3.36. The lowest BCUT2D eigenvalue weighted by Crippen LogP contribution is -2.50. The monoisotopic (exact) mass is 275 g/mol. The van der Waals surface area contributed by atoms with E-state index in [9.17, 15) is 5.11 Å². The van der Waals surface area contributed by atoms with E-state index in [1.807, 2.05) is 12.1 Å². The highest BCUT2D eigenvalue weighted by molar-refractivity contribution is 5.49. The lowest BCUT2D eigenvalue weighted by Gasteiger charge is -2.38. The number of nitrogens with zero attached hydrogens (tertiary/aromatic N) is 3. The molecule has 1 aromatic rings. The molecule has 0 radical (unpaired) electrons. The number of benzene rings is 1. The van der Waals surface area contributed by atoms with Gasteiger partial charge in [0.1, 0.15) is 5.75 Å². The van der Waals surface area contributed by atoms with E-state index in [-0.39, 0.29) is 0 Å². The Balaban J connectivity index is 1.50. The molecule has 2 saturated heterocycles. The predicted octanol–water partition coefficient (Wildman–Crippen LogP) is 1.61. The number of hydrogen-bond donors (Lipinski definition) is 1. The van der Waals surface area contributed by atoms with Crippen LogP contribution in [0.1, 0.15) is 12.8 Å². The van der Waals surface area contributed by atoms with Gasteiger partial charge in [-0.3, -0.25) is 4.90 Å². The molecule has 0 aliphatic carbocycles. The van der Waals surface area contributed by atoms with Gasteiger partial charge in [0.25, 0.3) is 0 Å². The molecule has 110 valence electrons. The van der Waals surface area contributed by atoms with E-state index >= 15 is 0 Å². The van der Waals surface area contributed by atoms with E-state index in [0.29, 0.717) is 5.75 Å². The molecule has 0 bridgehead atoms. The second kappa shape index (κ2) is 6.02. The summed E-state index contributed by atoms with van der Waals surface area (Å²) in [6, 6.07) is 8.32. The Morgan fingerprint density at radius 1 is 1.05 bits per heavy atom. The van der Waals surface area contributed by atoms with Crippen LogP contribution in [0.2, 0.25) is 0 Å². The van der Waals surface area contributed by atoms with Crippen molar-refractivity contribution in [2.75, 3.05) is 51.2 Å². The first-order valence-corrected chi connectivity index (χ1v) is 7.69. The number of likely N-dealkylation sites (tertiary alicyclic amines) is 1. The highest BCUT2D eigenvalue weighted by atomic mass is 16.3. The third-order valence-corrected chi connectivity index (χ3v) is 4.73. The van der Waals surface area contributed by atoms with Crippen molar-refractivity contribution in [1.82, 2.24) is 9.80 Å². The molecule has 0 spiro atoms. The molecule has 1 aromatic carbocycles. The van der Waals surface area contributed by atoms with Gasteiger partial charge >= 0.3 is 0 Å². The van der Waals surface area contributed by atoms with Crippen LogP contribution >= 0.6 is 0 Å². The van der Waals surface area contributed by atoms with Crippen LogP contribution in [0.5, 0.6) is 5.75 Å². The van der Waals surface area contributed by atoms with E-state index in [1.165, 1.54) is 31.6 Å². The summed E-state index contributed by atoms with van der Waals surface area (Å²) >= 11 is 0. The van der Waals surface area contributed by atoms with Crippen LogP contribution in [-0.2, 0) is 0 Å². The number of anilines is 1. The molecule has 2 heterocycles. The van der Waals surface area contributed by atoms with E-state index in [4.69, 9.17) is 0 Å². The predicted molar refractivity (Wildman–Crippen MR) is 82.4 cm³/mol. The smallest absolute Gasteiger partial charge is 0.115 e. The molecule has 4 heteroatoms. The summed E-state index contributed by atoms with van der Waals surface area (Å²) in [7, 11) is 2.25. The van der Waals surface area contributed by atoms with Crippen LogP contribution in [0.15, 0.2) is 24.3 Å². The normalized spacial score (nSPS) is 25.2. The zero-order valence-electron chi connectivity index (χ0n) is 12.3. The van der Waals surface area contributed by atoms with Crippen molar-refractivity contribution < 1.29 is 5.11 Å². The van der Waals surface area contributed by atoms with Gasteiger partial charge in [0.05, 0.1) is 0 Å². The van der Waals surface area contributed by atoms with Crippen molar-refractivity contribution in [3.63, 3.8) is 0 Å². The van der Waals surface area contributed by atoms with Crippen LogP contribution in [0.4, 0.5) is 5.69 Å². The quantitative estimate of drug-likeness (QED) is 0.908. The first-order valence-electron chi connectivity index (χ1n) is 7.69. The molecule has 1 N–H and O–H groups in total. The van der Waals surface area contributed by atoms with Crippen LogP contribution in [0.3, 0.4) is 0 Å². The third kappa shape index (κ3) is 3.07. The fourth-order valence-corrected chi connectivity index (χ4v) is 3.36. The average molecular weight is 275 g/mol. The Labute approximate surface area is 121 Å². The Kier molecular flexibility index (Phi) is 4.13. The molecule has 20 heavy (non-hydrogen) atoms. The van der Waals surface area contributed by atoms with Crippen molar-refractivity contribution in [3.05, 3.63) is 24.3 Å². The molecule has 3 rings (SSSR count). The molecular formula is C16H25N3O.